The van der Waals surface area contributed by atoms with E-state index in [2.05, 4.69) is 10.6 Å². The first-order valence-corrected chi connectivity index (χ1v) is 7.19. The Kier molecular flexibility index (Phi) is 15.2. The van der Waals surface area contributed by atoms with Crippen molar-refractivity contribution in [2.75, 3.05) is 73.0 Å². The molecule has 4 N–H and O–H groups in total. The molecule has 0 radical (unpaired) electrons. The van der Waals surface area contributed by atoms with Crippen LogP contribution in [0.15, 0.2) is 0 Å². The molecule has 0 aliphatic carbocycles. The van der Waals surface area contributed by atoms with Gasteiger partial charge in [0, 0.05) is 20.1 Å². The molecule has 2 amide bonds. The molecule has 0 saturated carbocycles. The fraction of sp³-hybridized carbons (Fsp3) is 0.846. The first-order valence-electron chi connectivity index (χ1n) is 7.19. The zero-order chi connectivity index (χ0) is 16.5. The lowest BCUT2D eigenvalue weighted by molar-refractivity contribution is -0.127. The lowest BCUT2D eigenvalue weighted by Gasteiger charge is -2.08. The summed E-state index contributed by atoms with van der Waals surface area (Å²) >= 11 is 0. The minimum Gasteiger partial charge on any atom is -0.378 e. The monoisotopic (exact) mass is 321 g/mol. The average Bonchev–Trinajstić information content (AvgIpc) is 2.52. The van der Waals surface area contributed by atoms with Gasteiger partial charge in [0.05, 0.1) is 39.6 Å². The number of amides is 2. The average molecular weight is 321 g/mol. The van der Waals surface area contributed by atoms with Crippen LogP contribution in [0.2, 0.25) is 0 Å². The molecule has 0 aliphatic heterocycles. The van der Waals surface area contributed by atoms with Crippen molar-refractivity contribution >= 4 is 11.8 Å². The van der Waals surface area contributed by atoms with E-state index in [1.165, 1.54) is 0 Å². The lowest BCUT2D eigenvalue weighted by Crippen LogP contribution is -2.31. The molecule has 0 heterocycles. The Bertz CT molecular complexity index is 291. The normalized spacial score (nSPS) is 10.5. The zero-order valence-electron chi connectivity index (χ0n) is 13.1. The molecule has 0 fully saturated rings. The summed E-state index contributed by atoms with van der Waals surface area (Å²) in [6, 6.07) is 0. The number of likely N-dealkylation sites (N-methyl/N-ethyl adjacent to an activating group) is 1. The van der Waals surface area contributed by atoms with E-state index < -0.39 is 0 Å². The van der Waals surface area contributed by atoms with Gasteiger partial charge in [0.25, 0.3) is 0 Å². The number of ether oxygens (including phenoxy) is 4. The summed E-state index contributed by atoms with van der Waals surface area (Å²) in [4.78, 5) is 22.2. The summed E-state index contributed by atoms with van der Waals surface area (Å²) < 4.78 is 20.5. The summed E-state index contributed by atoms with van der Waals surface area (Å²) in [7, 11) is 1.54. The fourth-order valence-corrected chi connectivity index (χ4v) is 1.24. The van der Waals surface area contributed by atoms with Crippen LogP contribution in [0.1, 0.15) is 0 Å². The van der Waals surface area contributed by atoms with Gasteiger partial charge in [0.15, 0.2) is 0 Å². The van der Waals surface area contributed by atoms with E-state index in [-0.39, 0.29) is 25.0 Å². The number of carbonyl (C=O) groups is 2. The van der Waals surface area contributed by atoms with E-state index in [1.807, 2.05) is 0 Å². The third-order valence-corrected chi connectivity index (χ3v) is 2.32. The molecule has 0 spiro atoms. The van der Waals surface area contributed by atoms with E-state index in [0.29, 0.717) is 52.7 Å². The minimum atomic E-state index is -0.210. The molecule has 0 unspecified atom stereocenters. The van der Waals surface area contributed by atoms with Crippen LogP contribution in [0, 0.1) is 0 Å². The Balaban J connectivity index is 3.20. The summed E-state index contributed by atoms with van der Waals surface area (Å²) in [6.45, 7) is 3.18. The number of hydrogen-bond donors (Lipinski definition) is 3. The molecule has 0 aromatic rings. The smallest absolute Gasteiger partial charge is 0.246 e. The minimum absolute atomic E-state index is 0.0127. The first-order chi connectivity index (χ1) is 10.7. The van der Waals surface area contributed by atoms with Gasteiger partial charge in [0.2, 0.25) is 11.8 Å². The van der Waals surface area contributed by atoms with Gasteiger partial charge in [-0.15, -0.1) is 0 Å². The largest absolute Gasteiger partial charge is 0.378 e. The van der Waals surface area contributed by atoms with E-state index in [9.17, 15) is 9.59 Å². The standard InChI is InChI=1S/C13H27N3O6/c1-15-12(17)10-21-9-7-20-5-3-16-13(18)11-22-8-6-19-4-2-14/h2-11,14H2,1H3,(H,15,17)(H,16,18). The van der Waals surface area contributed by atoms with Gasteiger partial charge in [-0.2, -0.15) is 0 Å². The van der Waals surface area contributed by atoms with Crippen LogP contribution in [0.5, 0.6) is 0 Å². The molecule has 0 aromatic carbocycles. The zero-order valence-corrected chi connectivity index (χ0v) is 13.1. The Labute approximate surface area is 130 Å². The second kappa shape index (κ2) is 16.1. The number of carbonyl (C=O) groups excluding carboxylic acids is 2. The highest BCUT2D eigenvalue weighted by molar-refractivity contribution is 5.77. The summed E-state index contributed by atoms with van der Waals surface area (Å²) in [5.41, 5.74) is 5.25. The molecule has 9 heteroatoms. The molecule has 0 rings (SSSR count). The molecular formula is C13H27N3O6. The van der Waals surface area contributed by atoms with Crippen molar-refractivity contribution in [3.05, 3.63) is 0 Å². The molecule has 0 atom stereocenters. The summed E-state index contributed by atoms with van der Waals surface area (Å²) in [5, 5.41) is 5.09. The van der Waals surface area contributed by atoms with Crippen LogP contribution < -0.4 is 16.4 Å². The highest BCUT2D eigenvalue weighted by Gasteiger charge is 2.01. The maximum Gasteiger partial charge on any atom is 0.246 e. The third-order valence-electron chi connectivity index (χ3n) is 2.32. The van der Waals surface area contributed by atoms with Gasteiger partial charge < -0.3 is 35.3 Å². The van der Waals surface area contributed by atoms with Crippen LogP contribution >= 0.6 is 0 Å². The molecule has 130 valence electrons. The highest BCUT2D eigenvalue weighted by Crippen LogP contribution is 1.81. The van der Waals surface area contributed by atoms with E-state index in [1.54, 1.807) is 7.05 Å². The van der Waals surface area contributed by atoms with Crippen LogP contribution in [0.25, 0.3) is 0 Å². The maximum atomic E-state index is 11.4. The Morgan fingerprint density at radius 3 is 1.95 bits per heavy atom. The summed E-state index contributed by atoms with van der Waals surface area (Å²) in [6.07, 6.45) is 0. The Morgan fingerprint density at radius 2 is 1.36 bits per heavy atom. The third kappa shape index (κ3) is 15.1. The van der Waals surface area contributed by atoms with E-state index >= 15 is 0 Å². The molecule has 0 saturated heterocycles. The highest BCUT2D eigenvalue weighted by atomic mass is 16.5. The van der Waals surface area contributed by atoms with Crippen molar-refractivity contribution in [1.82, 2.24) is 10.6 Å². The maximum absolute atomic E-state index is 11.4. The van der Waals surface area contributed by atoms with Crippen molar-refractivity contribution in [3.8, 4) is 0 Å². The molecule has 0 aliphatic rings. The van der Waals surface area contributed by atoms with Crippen molar-refractivity contribution in [2.24, 2.45) is 5.73 Å². The molecule has 0 aromatic heterocycles. The molecular weight excluding hydrogens is 294 g/mol. The van der Waals surface area contributed by atoms with Gasteiger partial charge >= 0.3 is 0 Å². The van der Waals surface area contributed by atoms with Gasteiger partial charge in [-0.25, -0.2) is 0 Å². The van der Waals surface area contributed by atoms with Gasteiger partial charge in [0.1, 0.15) is 13.2 Å². The van der Waals surface area contributed by atoms with E-state index in [0.717, 1.165) is 0 Å². The molecule has 0 bridgehead atoms. The second-order valence-corrected chi connectivity index (χ2v) is 4.14. The fourth-order valence-electron chi connectivity index (χ4n) is 1.24. The number of nitrogens with two attached hydrogens (primary N) is 1. The van der Waals surface area contributed by atoms with Crippen molar-refractivity contribution in [3.63, 3.8) is 0 Å². The molecule has 9 nitrogen and oxygen atoms in total. The van der Waals surface area contributed by atoms with Crippen LogP contribution in [-0.4, -0.2) is 84.8 Å². The molecule has 22 heavy (non-hydrogen) atoms. The lowest BCUT2D eigenvalue weighted by atomic mass is 10.6. The Morgan fingerprint density at radius 1 is 0.818 bits per heavy atom. The van der Waals surface area contributed by atoms with Crippen molar-refractivity contribution in [2.45, 2.75) is 0 Å². The van der Waals surface area contributed by atoms with Crippen molar-refractivity contribution in [1.29, 1.82) is 0 Å². The van der Waals surface area contributed by atoms with Gasteiger partial charge in [-0.3, -0.25) is 9.59 Å². The van der Waals surface area contributed by atoms with E-state index in [4.69, 9.17) is 24.7 Å². The Hall–Kier alpha value is -1.26. The van der Waals surface area contributed by atoms with Crippen LogP contribution in [0.4, 0.5) is 0 Å². The predicted molar refractivity (Wildman–Crippen MR) is 79.4 cm³/mol. The van der Waals surface area contributed by atoms with Gasteiger partial charge in [-0.05, 0) is 0 Å². The van der Waals surface area contributed by atoms with Gasteiger partial charge in [-0.1, -0.05) is 0 Å². The van der Waals surface area contributed by atoms with Crippen LogP contribution in [0.3, 0.4) is 0 Å². The number of rotatable bonds is 15. The summed E-state index contributed by atoms with van der Waals surface area (Å²) in [5.74, 6) is -0.390. The quantitative estimate of drug-likeness (QED) is 0.295. The number of hydrogen-bond acceptors (Lipinski definition) is 7. The predicted octanol–water partition coefficient (Wildman–Crippen LogP) is -2.13. The SMILES string of the molecule is CNC(=O)COCCOCCNC(=O)COCCOCCN. The van der Waals surface area contributed by atoms with Crippen LogP contribution in [-0.2, 0) is 28.5 Å². The second-order valence-electron chi connectivity index (χ2n) is 4.14. The topological polar surface area (TPSA) is 121 Å². The number of nitrogens with one attached hydrogen (secondary N) is 2. The van der Waals surface area contributed by atoms with Crippen molar-refractivity contribution < 1.29 is 28.5 Å². The first kappa shape index (κ1) is 20.7.